The Morgan fingerprint density at radius 2 is 1.55 bits per heavy atom. The van der Waals surface area contributed by atoms with E-state index in [1.807, 2.05) is 20.8 Å². The lowest BCUT2D eigenvalue weighted by atomic mass is 9.95. The molecule has 0 radical (unpaired) electrons. The Kier molecular flexibility index (Phi) is 6.73. The van der Waals surface area contributed by atoms with Gasteiger partial charge in [0.25, 0.3) is 5.91 Å². The van der Waals surface area contributed by atoms with Gasteiger partial charge in [0.2, 0.25) is 0 Å². The van der Waals surface area contributed by atoms with Gasteiger partial charge in [-0.15, -0.1) is 0 Å². The number of carbonyl (C=O) groups is 1. The first-order valence-electron chi connectivity index (χ1n) is 10.6. The second-order valence-electron chi connectivity index (χ2n) is 9.50. The summed E-state index contributed by atoms with van der Waals surface area (Å²) in [5.74, 6) is -1.02. The van der Waals surface area contributed by atoms with Gasteiger partial charge in [-0.3, -0.25) is 4.79 Å². The number of rotatable bonds is 5. The molecule has 1 aromatic heterocycles. The summed E-state index contributed by atoms with van der Waals surface area (Å²) in [7, 11) is 1.59. The third-order valence-electron chi connectivity index (χ3n) is 5.35. The molecule has 0 aliphatic rings. The summed E-state index contributed by atoms with van der Waals surface area (Å²) < 4.78 is 57.6. The Balaban J connectivity index is 2.32. The first-order chi connectivity index (χ1) is 15.3. The third kappa shape index (κ3) is 5.46. The topological polar surface area (TPSA) is 25.2 Å². The van der Waals surface area contributed by atoms with Crippen molar-refractivity contribution >= 4 is 5.91 Å². The van der Waals surface area contributed by atoms with E-state index in [1.165, 1.54) is 36.1 Å². The number of hydrogen-bond acceptors (Lipinski definition) is 1. The van der Waals surface area contributed by atoms with Crippen molar-refractivity contribution in [2.24, 2.45) is 5.41 Å². The molecule has 0 aliphatic carbocycles. The minimum atomic E-state index is -4.69. The van der Waals surface area contributed by atoms with E-state index < -0.39 is 23.6 Å². The highest BCUT2D eigenvalue weighted by Crippen LogP contribution is 2.41. The highest BCUT2D eigenvalue weighted by atomic mass is 19.4. The number of nitrogens with zero attached hydrogens (tertiary/aromatic N) is 2. The first-order valence-corrected chi connectivity index (χ1v) is 10.6. The van der Waals surface area contributed by atoms with Crippen LogP contribution in [0.15, 0.2) is 54.6 Å². The van der Waals surface area contributed by atoms with Crippen molar-refractivity contribution in [3.63, 3.8) is 0 Å². The summed E-state index contributed by atoms with van der Waals surface area (Å²) in [5, 5.41) is 0. The van der Waals surface area contributed by atoms with E-state index in [0.717, 1.165) is 4.57 Å². The van der Waals surface area contributed by atoms with Crippen molar-refractivity contribution in [2.75, 3.05) is 13.6 Å². The summed E-state index contributed by atoms with van der Waals surface area (Å²) in [5.41, 5.74) is -0.0733. The van der Waals surface area contributed by atoms with Gasteiger partial charge < -0.3 is 9.47 Å². The zero-order valence-electron chi connectivity index (χ0n) is 19.4. The van der Waals surface area contributed by atoms with E-state index in [9.17, 15) is 22.4 Å². The molecule has 0 spiro atoms. The van der Waals surface area contributed by atoms with Crippen LogP contribution in [-0.4, -0.2) is 29.0 Å². The van der Waals surface area contributed by atoms with Crippen molar-refractivity contribution in [2.45, 2.75) is 40.4 Å². The molecule has 0 saturated heterocycles. The minimum absolute atomic E-state index is 0.0537. The summed E-state index contributed by atoms with van der Waals surface area (Å²) in [6, 6.07) is 13.9. The van der Waals surface area contributed by atoms with Crippen LogP contribution in [0.2, 0.25) is 0 Å². The molecule has 3 aromatic rings. The number of carbonyl (C=O) groups excluding carboxylic acids is 1. The van der Waals surface area contributed by atoms with Gasteiger partial charge in [0.1, 0.15) is 17.2 Å². The molecule has 0 fully saturated rings. The summed E-state index contributed by atoms with van der Waals surface area (Å²) in [4.78, 5) is 15.1. The first kappa shape index (κ1) is 24.6. The number of benzene rings is 2. The second kappa shape index (κ2) is 9.04. The number of hydrogen-bond donors (Lipinski definition) is 0. The van der Waals surface area contributed by atoms with Gasteiger partial charge in [-0.1, -0.05) is 63.2 Å². The predicted octanol–water partition coefficient (Wildman–Crippen LogP) is 6.79. The summed E-state index contributed by atoms with van der Waals surface area (Å²) >= 11 is 0. The van der Waals surface area contributed by atoms with Crippen molar-refractivity contribution in [1.82, 2.24) is 9.47 Å². The SMILES string of the molecule is Cc1c(-c2ccc(F)cc2)c(C(=O)N(C)CC(C)(C)C)n(Cc2ccccc2)c1C(F)(F)F. The van der Waals surface area contributed by atoms with Gasteiger partial charge in [0.05, 0.1) is 0 Å². The van der Waals surface area contributed by atoms with Crippen molar-refractivity contribution < 1.29 is 22.4 Å². The van der Waals surface area contributed by atoms with Gasteiger partial charge in [-0.05, 0) is 41.2 Å². The molecule has 0 atom stereocenters. The Hall–Kier alpha value is -3.09. The van der Waals surface area contributed by atoms with Gasteiger partial charge in [0.15, 0.2) is 0 Å². The maximum Gasteiger partial charge on any atom is 0.431 e. The van der Waals surface area contributed by atoms with Crippen LogP contribution in [0.5, 0.6) is 0 Å². The summed E-state index contributed by atoms with van der Waals surface area (Å²) in [6.07, 6.45) is -4.69. The average molecular weight is 461 g/mol. The lowest BCUT2D eigenvalue weighted by Gasteiger charge is -2.28. The molecule has 0 N–H and O–H groups in total. The lowest BCUT2D eigenvalue weighted by Crippen LogP contribution is -2.36. The van der Waals surface area contributed by atoms with Crippen LogP contribution in [-0.2, 0) is 12.7 Å². The summed E-state index contributed by atoms with van der Waals surface area (Å²) in [6.45, 7) is 7.45. The second-order valence-corrected chi connectivity index (χ2v) is 9.50. The average Bonchev–Trinajstić information content (AvgIpc) is 2.99. The van der Waals surface area contributed by atoms with Crippen LogP contribution in [0.4, 0.5) is 17.6 Å². The van der Waals surface area contributed by atoms with Gasteiger partial charge >= 0.3 is 6.18 Å². The van der Waals surface area contributed by atoms with Crippen LogP contribution in [0.1, 0.15) is 48.1 Å². The number of alkyl halides is 3. The Morgan fingerprint density at radius 3 is 2.06 bits per heavy atom. The highest BCUT2D eigenvalue weighted by molar-refractivity contribution is 6.01. The van der Waals surface area contributed by atoms with Crippen molar-refractivity contribution in [1.29, 1.82) is 0 Å². The molecule has 3 rings (SSSR count). The van der Waals surface area contributed by atoms with Crippen LogP contribution < -0.4 is 0 Å². The zero-order valence-corrected chi connectivity index (χ0v) is 19.4. The minimum Gasteiger partial charge on any atom is -0.340 e. The van der Waals surface area contributed by atoms with Crippen molar-refractivity contribution in [3.05, 3.63) is 82.9 Å². The molecule has 1 heterocycles. The molecule has 3 nitrogen and oxygen atoms in total. The molecule has 0 aliphatic heterocycles. The van der Waals surface area contributed by atoms with E-state index in [1.54, 1.807) is 37.4 Å². The number of halogens is 4. The molecule has 33 heavy (non-hydrogen) atoms. The van der Waals surface area contributed by atoms with Gasteiger partial charge in [0, 0.05) is 25.7 Å². The quantitative estimate of drug-likeness (QED) is 0.385. The maximum atomic E-state index is 14.3. The zero-order chi connectivity index (χ0) is 24.6. The molecule has 176 valence electrons. The maximum absolute atomic E-state index is 14.3. The van der Waals surface area contributed by atoms with Crippen LogP contribution >= 0.6 is 0 Å². The molecule has 7 heteroatoms. The fourth-order valence-electron chi connectivity index (χ4n) is 4.19. The Bertz CT molecular complexity index is 1120. The van der Waals surface area contributed by atoms with Crippen LogP contribution in [0.3, 0.4) is 0 Å². The molecule has 0 unspecified atom stereocenters. The normalized spacial score (nSPS) is 12.2. The van der Waals surface area contributed by atoms with E-state index in [-0.39, 0.29) is 28.8 Å². The molecule has 0 saturated carbocycles. The van der Waals surface area contributed by atoms with Crippen LogP contribution in [0, 0.1) is 18.2 Å². The largest absolute Gasteiger partial charge is 0.431 e. The van der Waals surface area contributed by atoms with E-state index in [2.05, 4.69) is 0 Å². The fraction of sp³-hybridized carbons (Fsp3) is 0.346. The highest BCUT2D eigenvalue weighted by Gasteiger charge is 2.41. The third-order valence-corrected chi connectivity index (χ3v) is 5.35. The Morgan fingerprint density at radius 1 is 0.970 bits per heavy atom. The van der Waals surface area contributed by atoms with Gasteiger partial charge in [-0.25, -0.2) is 4.39 Å². The predicted molar refractivity (Wildman–Crippen MR) is 122 cm³/mol. The van der Waals surface area contributed by atoms with Crippen LogP contribution in [0.25, 0.3) is 11.1 Å². The molecule has 2 aromatic carbocycles. The number of amides is 1. The van der Waals surface area contributed by atoms with Gasteiger partial charge in [-0.2, -0.15) is 13.2 Å². The smallest absolute Gasteiger partial charge is 0.340 e. The lowest BCUT2D eigenvalue weighted by molar-refractivity contribution is -0.143. The van der Waals surface area contributed by atoms with E-state index >= 15 is 0 Å². The Labute approximate surface area is 191 Å². The monoisotopic (exact) mass is 460 g/mol. The molecule has 0 bridgehead atoms. The fourth-order valence-corrected chi connectivity index (χ4v) is 4.19. The number of aromatic nitrogens is 1. The standard InChI is InChI=1S/C26H28F4N2O/c1-17-21(19-11-13-20(27)14-12-19)22(24(33)31(5)16-25(2,3)4)32(23(17)26(28,29)30)15-18-9-7-6-8-10-18/h6-14H,15-16H2,1-5H3. The van der Waals surface area contributed by atoms with E-state index in [0.29, 0.717) is 17.7 Å². The molecular weight excluding hydrogens is 432 g/mol. The van der Waals surface area contributed by atoms with Crippen molar-refractivity contribution in [3.8, 4) is 11.1 Å². The van der Waals surface area contributed by atoms with E-state index in [4.69, 9.17) is 0 Å². The molecule has 1 amide bonds. The molecular formula is C26H28F4N2O.